The molecular formula is C9H9Br2N. The third-order valence-corrected chi connectivity index (χ3v) is 2.08. The molecule has 0 aliphatic heterocycles. The summed E-state index contributed by atoms with van der Waals surface area (Å²) in [5.41, 5.74) is 8.80. The summed E-state index contributed by atoms with van der Waals surface area (Å²) >= 11 is 6.58. The molecule has 64 valence electrons. The molecule has 0 saturated carbocycles. The second-order valence-corrected chi connectivity index (χ2v) is 5.28. The van der Waals surface area contributed by atoms with Crippen LogP contribution in [0.3, 0.4) is 0 Å². The van der Waals surface area contributed by atoms with Crippen molar-refractivity contribution < 1.29 is 0 Å². The smallest absolute Gasteiger partial charge is 0.0610 e. The summed E-state index contributed by atoms with van der Waals surface area (Å²) < 4.78 is 0.896. The van der Waals surface area contributed by atoms with Crippen LogP contribution in [0.5, 0.6) is 0 Å². The van der Waals surface area contributed by atoms with Crippen LogP contribution >= 0.6 is 31.9 Å². The number of para-hydroxylation sites is 1. The van der Waals surface area contributed by atoms with E-state index < -0.39 is 0 Å². The van der Waals surface area contributed by atoms with Gasteiger partial charge in [0.25, 0.3) is 0 Å². The van der Waals surface area contributed by atoms with Crippen molar-refractivity contribution in [1.29, 1.82) is 0 Å². The predicted molar refractivity (Wildman–Crippen MR) is 61.4 cm³/mol. The largest absolute Gasteiger partial charge is 0.398 e. The molecule has 1 aromatic carbocycles. The lowest BCUT2D eigenvalue weighted by atomic mass is 10.1. The average Bonchev–Trinajstić information content (AvgIpc) is 1.98. The highest BCUT2D eigenvalue weighted by Gasteiger charge is 1.97. The summed E-state index contributed by atoms with van der Waals surface area (Å²) in [6, 6.07) is 5.96. The Morgan fingerprint density at radius 2 is 2.08 bits per heavy atom. The molecule has 1 rings (SSSR count). The first-order valence-electron chi connectivity index (χ1n) is 3.49. The number of anilines is 1. The minimum absolute atomic E-state index is 0.828. The predicted octanol–water partition coefficient (Wildman–Crippen LogP) is 3.67. The summed E-state index contributed by atoms with van der Waals surface area (Å²) in [4.78, 5) is 0. The lowest BCUT2D eigenvalue weighted by Crippen LogP contribution is -1.92. The van der Waals surface area contributed by atoms with Crippen molar-refractivity contribution >= 4 is 43.6 Å². The third-order valence-electron chi connectivity index (χ3n) is 1.62. The summed E-state index contributed by atoms with van der Waals surface area (Å²) in [5, 5.41) is 0. The minimum Gasteiger partial charge on any atom is -0.398 e. The zero-order chi connectivity index (χ0) is 9.14. The molecule has 0 bridgehead atoms. The van der Waals surface area contributed by atoms with Gasteiger partial charge in [-0.25, -0.2) is 0 Å². The first-order valence-corrected chi connectivity index (χ1v) is 5.07. The molecule has 2 N–H and O–H groups in total. The Balaban J connectivity index is 3.17. The quantitative estimate of drug-likeness (QED) is 0.785. The monoisotopic (exact) mass is 289 g/mol. The Bertz CT molecular complexity index is 314. The fraction of sp³-hybridized carbons (Fsp3) is 0.111. The van der Waals surface area contributed by atoms with Gasteiger partial charge in [0.05, 0.1) is 3.39 Å². The Morgan fingerprint density at radius 3 is 2.67 bits per heavy atom. The number of nitrogen functional groups attached to an aromatic ring is 1. The molecule has 1 nitrogen and oxygen atoms in total. The minimum atomic E-state index is 0.828. The van der Waals surface area contributed by atoms with E-state index in [1.54, 1.807) is 0 Å². The molecule has 1 aromatic rings. The van der Waals surface area contributed by atoms with Crippen molar-refractivity contribution in [1.82, 2.24) is 0 Å². The van der Waals surface area contributed by atoms with Crippen LogP contribution in [0.25, 0.3) is 6.08 Å². The highest BCUT2D eigenvalue weighted by molar-refractivity contribution is 9.28. The molecule has 0 atom stereocenters. The molecule has 0 saturated heterocycles. The van der Waals surface area contributed by atoms with E-state index in [1.165, 1.54) is 0 Å². The molecule has 0 amide bonds. The van der Waals surface area contributed by atoms with E-state index in [1.807, 2.05) is 31.2 Å². The molecule has 0 fully saturated rings. The van der Waals surface area contributed by atoms with Crippen molar-refractivity contribution in [3.8, 4) is 0 Å². The molecule has 12 heavy (non-hydrogen) atoms. The van der Waals surface area contributed by atoms with E-state index in [2.05, 4.69) is 31.9 Å². The van der Waals surface area contributed by atoms with Gasteiger partial charge < -0.3 is 5.73 Å². The second kappa shape index (κ2) is 4.10. The van der Waals surface area contributed by atoms with Gasteiger partial charge in [-0.3, -0.25) is 0 Å². The fourth-order valence-corrected chi connectivity index (χ4v) is 1.44. The van der Waals surface area contributed by atoms with Crippen LogP contribution < -0.4 is 5.73 Å². The van der Waals surface area contributed by atoms with Crippen molar-refractivity contribution in [2.24, 2.45) is 0 Å². The van der Waals surface area contributed by atoms with E-state index in [-0.39, 0.29) is 0 Å². The molecular weight excluding hydrogens is 282 g/mol. The third kappa shape index (κ3) is 2.35. The normalized spacial score (nSPS) is 9.58. The van der Waals surface area contributed by atoms with Gasteiger partial charge >= 0.3 is 0 Å². The standard InChI is InChI=1S/C9H9Br2N/c1-6-3-2-4-7(9(6)12)5-8(10)11/h2-5H,12H2,1H3. The molecule has 0 aromatic heterocycles. The topological polar surface area (TPSA) is 26.0 Å². The van der Waals surface area contributed by atoms with Crippen LogP contribution in [0.2, 0.25) is 0 Å². The Hall–Kier alpha value is -0.280. The Morgan fingerprint density at radius 1 is 1.42 bits per heavy atom. The lowest BCUT2D eigenvalue weighted by Gasteiger charge is -2.03. The van der Waals surface area contributed by atoms with Crippen LogP contribution in [-0.4, -0.2) is 0 Å². The van der Waals surface area contributed by atoms with Crippen LogP contribution in [-0.2, 0) is 0 Å². The van der Waals surface area contributed by atoms with Gasteiger partial charge in [0, 0.05) is 5.69 Å². The summed E-state index contributed by atoms with van der Waals surface area (Å²) in [6.45, 7) is 1.99. The van der Waals surface area contributed by atoms with E-state index in [0.717, 1.165) is 20.2 Å². The van der Waals surface area contributed by atoms with Crippen LogP contribution in [0, 0.1) is 6.92 Å². The van der Waals surface area contributed by atoms with E-state index in [0.29, 0.717) is 0 Å². The molecule has 0 spiro atoms. The first kappa shape index (κ1) is 9.81. The van der Waals surface area contributed by atoms with Crippen molar-refractivity contribution in [2.75, 3.05) is 5.73 Å². The maximum Gasteiger partial charge on any atom is 0.0610 e. The average molecular weight is 291 g/mol. The fourth-order valence-electron chi connectivity index (χ4n) is 0.947. The van der Waals surface area contributed by atoms with Crippen LogP contribution in [0.1, 0.15) is 11.1 Å². The van der Waals surface area contributed by atoms with Gasteiger partial charge in [0.1, 0.15) is 0 Å². The highest BCUT2D eigenvalue weighted by Crippen LogP contribution is 2.23. The van der Waals surface area contributed by atoms with Crippen molar-refractivity contribution in [3.63, 3.8) is 0 Å². The molecule has 0 aliphatic rings. The van der Waals surface area contributed by atoms with E-state index in [9.17, 15) is 0 Å². The maximum atomic E-state index is 5.84. The Kier molecular flexibility index (Phi) is 3.35. The van der Waals surface area contributed by atoms with E-state index in [4.69, 9.17) is 5.73 Å². The van der Waals surface area contributed by atoms with Gasteiger partial charge in [-0.15, -0.1) is 0 Å². The highest BCUT2D eigenvalue weighted by atomic mass is 79.9. The molecule has 3 heteroatoms. The summed E-state index contributed by atoms with van der Waals surface area (Å²) in [5.74, 6) is 0. The van der Waals surface area contributed by atoms with Crippen molar-refractivity contribution in [2.45, 2.75) is 6.92 Å². The van der Waals surface area contributed by atoms with Gasteiger partial charge in [0.15, 0.2) is 0 Å². The molecule has 0 heterocycles. The van der Waals surface area contributed by atoms with Gasteiger partial charge in [0.2, 0.25) is 0 Å². The number of benzene rings is 1. The van der Waals surface area contributed by atoms with Gasteiger partial charge in [-0.2, -0.15) is 0 Å². The van der Waals surface area contributed by atoms with Crippen LogP contribution in [0.4, 0.5) is 5.69 Å². The number of rotatable bonds is 1. The number of aryl methyl sites for hydroxylation is 1. The zero-order valence-corrected chi connectivity index (χ0v) is 9.81. The SMILES string of the molecule is Cc1cccc(C=C(Br)Br)c1N. The number of halogens is 2. The van der Waals surface area contributed by atoms with E-state index >= 15 is 0 Å². The first-order chi connectivity index (χ1) is 5.61. The summed E-state index contributed by atoms with van der Waals surface area (Å²) in [6.07, 6.45) is 1.93. The van der Waals surface area contributed by atoms with Gasteiger partial charge in [-0.1, -0.05) is 18.2 Å². The second-order valence-electron chi connectivity index (χ2n) is 2.51. The molecule has 0 unspecified atom stereocenters. The Labute approximate surface area is 88.9 Å². The zero-order valence-electron chi connectivity index (χ0n) is 6.64. The molecule has 0 aliphatic carbocycles. The maximum absolute atomic E-state index is 5.84. The van der Waals surface area contributed by atoms with Crippen LogP contribution in [0.15, 0.2) is 21.6 Å². The molecule has 0 radical (unpaired) electrons. The number of hydrogen-bond donors (Lipinski definition) is 1. The number of nitrogens with two attached hydrogens (primary N) is 1. The summed E-state index contributed by atoms with van der Waals surface area (Å²) in [7, 11) is 0. The van der Waals surface area contributed by atoms with Crippen molar-refractivity contribution in [3.05, 3.63) is 32.7 Å². The lowest BCUT2D eigenvalue weighted by molar-refractivity contribution is 1.46. The van der Waals surface area contributed by atoms with Gasteiger partial charge in [-0.05, 0) is 56.0 Å². The number of hydrogen-bond acceptors (Lipinski definition) is 1.